The standard InChI is InChI=1S/C24H43N2Si.CH3.2ClH.Ti/c1-8-9-19-14-22-21(18(4)5)15-20(17(2)3)16-23(22)24(19)27(6,7)26-12-10-25-11-13-26;;;;/h15-19,22-24H,8-14H2,1-7H3;1H3;2*1H;/q2*-1;;;+2/p-2. The van der Waals surface area contributed by atoms with Crippen LogP contribution < -0.4 is 0 Å². The molecule has 0 aromatic rings. The fraction of sp³-hybridized carbons (Fsp3) is 0.800. The van der Waals surface area contributed by atoms with Crippen molar-refractivity contribution in [2.45, 2.75) is 72.5 Å². The van der Waals surface area contributed by atoms with Gasteiger partial charge in [-0.15, -0.1) is 13.1 Å². The van der Waals surface area contributed by atoms with Crippen molar-refractivity contribution in [2.75, 3.05) is 26.2 Å². The zero-order chi connectivity index (χ0) is 22.5. The molecule has 6 heteroatoms. The number of halogens is 2. The SMILES string of the molecule is CCCC1CC2C(C(C)C)=CC(C(C)C)=CC2C1[Si](C)(C)N1CC[N-]CC1.[CH3-].[Cl][Ti][Cl]. The number of piperazine rings is 1. The molecule has 1 saturated heterocycles. The predicted molar refractivity (Wildman–Crippen MR) is 140 cm³/mol. The Morgan fingerprint density at radius 1 is 1.13 bits per heavy atom. The van der Waals surface area contributed by atoms with Crippen molar-refractivity contribution < 1.29 is 17.0 Å². The van der Waals surface area contributed by atoms with Crippen LogP contribution in [0, 0.1) is 37.0 Å². The van der Waals surface area contributed by atoms with Gasteiger partial charge < -0.3 is 17.3 Å². The van der Waals surface area contributed by atoms with E-state index in [1.165, 1.54) is 32.4 Å². The maximum atomic E-state index is 4.89. The molecule has 2 fully saturated rings. The summed E-state index contributed by atoms with van der Waals surface area (Å²) in [5, 5.41) is 4.63. The molecule has 0 N–H and O–H groups in total. The number of nitrogens with zero attached hydrogens (tertiary/aromatic N) is 2. The Kier molecular flexibility index (Phi) is 13.2. The quantitative estimate of drug-likeness (QED) is 0.254. The number of rotatable bonds is 6. The first-order valence-electron chi connectivity index (χ1n) is 12.0. The average molecular weight is 522 g/mol. The molecule has 1 saturated carbocycles. The second-order valence-corrected chi connectivity index (χ2v) is 17.7. The molecule has 180 valence electrons. The van der Waals surface area contributed by atoms with Gasteiger partial charge in [-0.05, 0) is 60.2 Å². The van der Waals surface area contributed by atoms with E-state index < -0.39 is 25.3 Å². The van der Waals surface area contributed by atoms with Crippen molar-refractivity contribution in [1.82, 2.24) is 4.57 Å². The van der Waals surface area contributed by atoms with E-state index in [4.69, 9.17) is 18.6 Å². The number of fused-ring (bicyclic) bond motifs is 1. The fourth-order valence-corrected chi connectivity index (χ4v) is 10.9. The summed E-state index contributed by atoms with van der Waals surface area (Å²) < 4.78 is 2.91. The summed E-state index contributed by atoms with van der Waals surface area (Å²) in [5.41, 5.74) is 4.27. The zero-order valence-electron chi connectivity index (χ0n) is 21.2. The Morgan fingerprint density at radius 2 is 1.71 bits per heavy atom. The zero-order valence-corrected chi connectivity index (χ0v) is 25.3. The third-order valence-electron chi connectivity index (χ3n) is 7.77. The Morgan fingerprint density at radius 3 is 2.19 bits per heavy atom. The van der Waals surface area contributed by atoms with Crippen LogP contribution in [0.15, 0.2) is 23.3 Å². The maximum absolute atomic E-state index is 4.89. The second kappa shape index (κ2) is 13.7. The van der Waals surface area contributed by atoms with Gasteiger partial charge in [-0.2, -0.15) is 0 Å². The summed E-state index contributed by atoms with van der Waals surface area (Å²) in [6, 6.07) is 0. The van der Waals surface area contributed by atoms with E-state index in [0.29, 0.717) is 11.8 Å². The van der Waals surface area contributed by atoms with Gasteiger partial charge in [0.1, 0.15) is 8.24 Å². The predicted octanol–water partition coefficient (Wildman–Crippen LogP) is 8.31. The van der Waals surface area contributed by atoms with Crippen LogP contribution in [-0.2, 0) is 17.0 Å². The second-order valence-electron chi connectivity index (χ2n) is 10.5. The molecular weight excluding hydrogens is 475 g/mol. The van der Waals surface area contributed by atoms with Crippen molar-refractivity contribution in [2.24, 2.45) is 29.6 Å². The van der Waals surface area contributed by atoms with Crippen LogP contribution in [0.1, 0.15) is 53.9 Å². The normalized spacial score (nSPS) is 28.9. The molecule has 2 nitrogen and oxygen atoms in total. The average Bonchev–Trinajstić information content (AvgIpc) is 3.07. The van der Waals surface area contributed by atoms with E-state index in [1.54, 1.807) is 11.1 Å². The van der Waals surface area contributed by atoms with Crippen molar-refractivity contribution in [3.05, 3.63) is 36.0 Å². The van der Waals surface area contributed by atoms with E-state index in [9.17, 15) is 0 Å². The molecule has 0 spiro atoms. The molecule has 0 bridgehead atoms. The van der Waals surface area contributed by atoms with Gasteiger partial charge in [-0.3, -0.25) is 0 Å². The molecule has 0 aromatic heterocycles. The summed E-state index contributed by atoms with van der Waals surface area (Å²) in [6.07, 6.45) is 9.52. The molecule has 1 heterocycles. The van der Waals surface area contributed by atoms with Gasteiger partial charge in [-0.1, -0.05) is 78.3 Å². The summed E-state index contributed by atoms with van der Waals surface area (Å²) >= 11 is -0.556. The first kappa shape index (κ1) is 29.9. The molecule has 1 aliphatic heterocycles. The molecule has 31 heavy (non-hydrogen) atoms. The van der Waals surface area contributed by atoms with Crippen LogP contribution in [0.3, 0.4) is 0 Å². The van der Waals surface area contributed by atoms with Crippen LogP contribution in [0.4, 0.5) is 0 Å². The summed E-state index contributed by atoms with van der Waals surface area (Å²) in [5.74, 6) is 3.82. The van der Waals surface area contributed by atoms with Crippen LogP contribution in [0.5, 0.6) is 0 Å². The number of allylic oxidation sites excluding steroid dienone is 4. The van der Waals surface area contributed by atoms with Gasteiger partial charge in [0, 0.05) is 0 Å². The molecule has 0 aromatic carbocycles. The molecule has 4 unspecified atom stereocenters. The van der Waals surface area contributed by atoms with E-state index >= 15 is 0 Å². The first-order chi connectivity index (χ1) is 14.2. The van der Waals surface area contributed by atoms with Crippen LogP contribution in [-0.4, -0.2) is 39.0 Å². The van der Waals surface area contributed by atoms with Gasteiger partial charge in [0.25, 0.3) is 0 Å². The van der Waals surface area contributed by atoms with Gasteiger partial charge >= 0.3 is 35.6 Å². The Labute approximate surface area is 211 Å². The molecule has 0 amide bonds. The van der Waals surface area contributed by atoms with E-state index in [2.05, 4.69) is 69.7 Å². The monoisotopic (exact) mass is 520 g/mol. The fourth-order valence-electron chi connectivity index (χ4n) is 6.41. The summed E-state index contributed by atoms with van der Waals surface area (Å²) in [6.45, 7) is 21.9. The van der Waals surface area contributed by atoms with Crippen LogP contribution in [0.25, 0.3) is 5.32 Å². The van der Waals surface area contributed by atoms with Crippen molar-refractivity contribution >= 4 is 26.8 Å². The van der Waals surface area contributed by atoms with Crippen molar-refractivity contribution in [3.8, 4) is 0 Å². The number of hydrogen-bond donors (Lipinski definition) is 0. The Balaban J connectivity index is 0.00000113. The van der Waals surface area contributed by atoms with Crippen molar-refractivity contribution in [1.29, 1.82) is 0 Å². The topological polar surface area (TPSA) is 17.3 Å². The molecule has 3 aliphatic rings. The van der Waals surface area contributed by atoms with E-state index in [-0.39, 0.29) is 7.43 Å². The van der Waals surface area contributed by atoms with Crippen LogP contribution >= 0.6 is 18.6 Å². The van der Waals surface area contributed by atoms with E-state index in [1.807, 2.05) is 0 Å². The van der Waals surface area contributed by atoms with Gasteiger partial charge in [0.2, 0.25) is 0 Å². The molecular formula is C25H46Cl2N2SiTi-2. The summed E-state index contributed by atoms with van der Waals surface area (Å²) in [4.78, 5) is 0. The van der Waals surface area contributed by atoms with Gasteiger partial charge in [0.05, 0.1) is 0 Å². The minimum absolute atomic E-state index is 0. The third kappa shape index (κ3) is 7.20. The van der Waals surface area contributed by atoms with Crippen LogP contribution in [0.2, 0.25) is 18.6 Å². The van der Waals surface area contributed by atoms with Gasteiger partial charge in [-0.25, -0.2) is 0 Å². The Hall–Kier alpha value is 0.911. The third-order valence-corrected chi connectivity index (χ3v) is 12.3. The van der Waals surface area contributed by atoms with Gasteiger partial charge in [0.15, 0.2) is 0 Å². The molecule has 4 atom stereocenters. The Bertz CT molecular complexity index is 600. The van der Waals surface area contributed by atoms with E-state index in [0.717, 1.165) is 36.4 Å². The first-order valence-corrected chi connectivity index (χ1v) is 19.3. The minimum atomic E-state index is -1.51. The molecule has 0 radical (unpaired) electrons. The molecule has 2 aliphatic carbocycles. The summed E-state index contributed by atoms with van der Waals surface area (Å²) in [7, 11) is 8.27. The van der Waals surface area contributed by atoms with Crippen molar-refractivity contribution in [3.63, 3.8) is 0 Å². The number of hydrogen-bond acceptors (Lipinski definition) is 1. The molecule has 3 rings (SSSR count).